The van der Waals surface area contributed by atoms with E-state index in [0.29, 0.717) is 18.2 Å². The molecular weight excluding hydrogens is 278 g/mol. The molecule has 0 saturated heterocycles. The molecule has 0 aliphatic rings. The molecule has 106 valence electrons. The molecule has 0 saturated carbocycles. The smallest absolute Gasteiger partial charge is 0.238 e. The Balaban J connectivity index is 2.17. The number of benzene rings is 1. The van der Waals surface area contributed by atoms with Crippen LogP contribution in [0.5, 0.6) is 11.6 Å². The van der Waals surface area contributed by atoms with E-state index in [2.05, 4.69) is 15.5 Å². The van der Waals surface area contributed by atoms with Gasteiger partial charge in [-0.1, -0.05) is 6.07 Å². The van der Waals surface area contributed by atoms with E-state index in [0.717, 1.165) is 11.9 Å². The lowest BCUT2D eigenvalue weighted by Crippen LogP contribution is -2.07. The first kappa shape index (κ1) is 14.4. The molecule has 0 bridgehead atoms. The molecule has 1 aromatic carbocycles. The zero-order valence-corrected chi connectivity index (χ0v) is 12.0. The predicted molar refractivity (Wildman–Crippen MR) is 74.4 cm³/mol. The molecule has 0 aliphatic heterocycles. The molecule has 0 amide bonds. The third kappa shape index (κ3) is 3.75. The first-order valence-electron chi connectivity index (χ1n) is 5.94. The van der Waals surface area contributed by atoms with Gasteiger partial charge in [0.05, 0.1) is 10.6 Å². The van der Waals surface area contributed by atoms with Gasteiger partial charge in [-0.15, -0.1) is 5.10 Å². The van der Waals surface area contributed by atoms with Gasteiger partial charge in [0.25, 0.3) is 0 Å². The second kappa shape index (κ2) is 5.98. The highest BCUT2D eigenvalue weighted by Gasteiger charge is 2.08. The Hall–Kier alpha value is -1.99. The van der Waals surface area contributed by atoms with Crippen LogP contribution in [0, 0.1) is 0 Å². The van der Waals surface area contributed by atoms with Crippen molar-refractivity contribution in [1.29, 1.82) is 0 Å². The van der Waals surface area contributed by atoms with E-state index in [1.165, 1.54) is 12.1 Å². The number of rotatable bonds is 5. The molecule has 7 heteroatoms. The van der Waals surface area contributed by atoms with Crippen LogP contribution in [0.15, 0.2) is 41.3 Å². The Morgan fingerprint density at radius 1 is 1.20 bits per heavy atom. The van der Waals surface area contributed by atoms with Gasteiger partial charge in [-0.3, -0.25) is 0 Å². The summed E-state index contributed by atoms with van der Waals surface area (Å²) in [6, 6.07) is 9.74. The molecular formula is C13H15N3O3S. The van der Waals surface area contributed by atoms with Gasteiger partial charge >= 0.3 is 0 Å². The third-order valence-electron chi connectivity index (χ3n) is 2.51. The summed E-state index contributed by atoms with van der Waals surface area (Å²) in [6.07, 6.45) is 1.15. The van der Waals surface area contributed by atoms with Crippen LogP contribution >= 0.6 is 0 Å². The lowest BCUT2D eigenvalue weighted by molar-refractivity contribution is 0.452. The molecule has 0 atom stereocenters. The van der Waals surface area contributed by atoms with Gasteiger partial charge in [-0.25, -0.2) is 8.42 Å². The molecule has 2 rings (SSSR count). The monoisotopic (exact) mass is 293 g/mol. The van der Waals surface area contributed by atoms with Crippen LogP contribution in [0.4, 0.5) is 0 Å². The van der Waals surface area contributed by atoms with Gasteiger partial charge in [0.1, 0.15) is 5.75 Å². The van der Waals surface area contributed by atoms with Crippen molar-refractivity contribution in [2.45, 2.75) is 11.4 Å². The fourth-order valence-corrected chi connectivity index (χ4v) is 2.22. The molecule has 2 aromatic rings. The normalized spacial score (nSPS) is 11.3. The van der Waals surface area contributed by atoms with Crippen molar-refractivity contribution >= 4 is 9.84 Å². The summed E-state index contributed by atoms with van der Waals surface area (Å²) in [5.41, 5.74) is 0.796. The van der Waals surface area contributed by atoms with Crippen LogP contribution in [0.25, 0.3) is 0 Å². The number of hydrogen-bond donors (Lipinski definition) is 1. The van der Waals surface area contributed by atoms with Crippen LogP contribution in [0.3, 0.4) is 0 Å². The van der Waals surface area contributed by atoms with E-state index >= 15 is 0 Å². The maximum Gasteiger partial charge on any atom is 0.238 e. The highest BCUT2D eigenvalue weighted by atomic mass is 32.2. The predicted octanol–water partition coefficient (Wildman–Crippen LogP) is 1.39. The van der Waals surface area contributed by atoms with E-state index in [-0.39, 0.29) is 4.90 Å². The standard InChI is InChI=1S/C13H15N3O3S/c1-14-9-10-6-7-13(16-15-10)19-11-4-3-5-12(8-11)20(2,17)18/h3-8,14H,9H2,1-2H3. The van der Waals surface area contributed by atoms with Crippen LogP contribution in [0.1, 0.15) is 5.69 Å². The number of nitrogens with zero attached hydrogens (tertiary/aromatic N) is 2. The molecule has 1 heterocycles. The van der Waals surface area contributed by atoms with Gasteiger partial charge in [-0.05, 0) is 31.3 Å². The summed E-state index contributed by atoms with van der Waals surface area (Å²) >= 11 is 0. The van der Waals surface area contributed by atoms with Crippen molar-refractivity contribution in [3.05, 3.63) is 42.1 Å². The average molecular weight is 293 g/mol. The van der Waals surface area contributed by atoms with Gasteiger partial charge in [-0.2, -0.15) is 5.10 Å². The van der Waals surface area contributed by atoms with Crippen LogP contribution in [0.2, 0.25) is 0 Å². The zero-order chi connectivity index (χ0) is 14.6. The second-order valence-electron chi connectivity index (χ2n) is 4.24. The molecule has 20 heavy (non-hydrogen) atoms. The van der Waals surface area contributed by atoms with Crippen molar-refractivity contribution in [3.63, 3.8) is 0 Å². The van der Waals surface area contributed by atoms with Crippen molar-refractivity contribution in [1.82, 2.24) is 15.5 Å². The summed E-state index contributed by atoms with van der Waals surface area (Å²) < 4.78 is 28.4. The molecule has 1 N–H and O–H groups in total. The van der Waals surface area contributed by atoms with E-state index in [9.17, 15) is 8.42 Å². The Morgan fingerprint density at radius 2 is 2.00 bits per heavy atom. The number of hydrogen-bond acceptors (Lipinski definition) is 6. The Labute approximate surface area is 117 Å². The van der Waals surface area contributed by atoms with Gasteiger partial charge in [0.2, 0.25) is 5.88 Å². The number of sulfone groups is 1. The Morgan fingerprint density at radius 3 is 2.60 bits per heavy atom. The summed E-state index contributed by atoms with van der Waals surface area (Å²) in [4.78, 5) is 0.203. The summed E-state index contributed by atoms with van der Waals surface area (Å²) in [7, 11) is -1.43. The third-order valence-corrected chi connectivity index (χ3v) is 3.62. The van der Waals surface area contributed by atoms with E-state index in [1.54, 1.807) is 24.3 Å². The molecule has 0 aliphatic carbocycles. The molecule has 0 spiro atoms. The molecule has 0 radical (unpaired) electrons. The number of nitrogens with one attached hydrogen (secondary N) is 1. The molecule has 0 unspecified atom stereocenters. The minimum absolute atomic E-state index is 0.203. The van der Waals surface area contributed by atoms with E-state index < -0.39 is 9.84 Å². The largest absolute Gasteiger partial charge is 0.437 e. The fourth-order valence-electron chi connectivity index (χ4n) is 1.57. The fraction of sp³-hybridized carbons (Fsp3) is 0.231. The Bertz CT molecular complexity index is 684. The summed E-state index contributed by atoms with van der Waals surface area (Å²) in [5.74, 6) is 0.721. The van der Waals surface area contributed by atoms with Crippen molar-refractivity contribution < 1.29 is 13.2 Å². The first-order valence-corrected chi connectivity index (χ1v) is 7.83. The van der Waals surface area contributed by atoms with Crippen LogP contribution in [-0.4, -0.2) is 31.9 Å². The lowest BCUT2D eigenvalue weighted by Gasteiger charge is -2.06. The lowest BCUT2D eigenvalue weighted by atomic mass is 10.3. The van der Waals surface area contributed by atoms with E-state index in [1.807, 2.05) is 7.05 Å². The SMILES string of the molecule is CNCc1ccc(Oc2cccc(S(C)(=O)=O)c2)nn1. The maximum absolute atomic E-state index is 11.5. The maximum atomic E-state index is 11.5. The second-order valence-corrected chi connectivity index (χ2v) is 6.26. The first-order chi connectivity index (χ1) is 9.49. The van der Waals surface area contributed by atoms with Crippen molar-refractivity contribution in [3.8, 4) is 11.6 Å². The minimum Gasteiger partial charge on any atom is -0.437 e. The molecule has 1 aromatic heterocycles. The van der Waals surface area contributed by atoms with E-state index in [4.69, 9.17) is 4.74 Å². The average Bonchev–Trinajstić information content (AvgIpc) is 2.41. The molecule has 6 nitrogen and oxygen atoms in total. The van der Waals surface area contributed by atoms with Crippen molar-refractivity contribution in [2.75, 3.05) is 13.3 Å². The topological polar surface area (TPSA) is 81.2 Å². The zero-order valence-electron chi connectivity index (χ0n) is 11.2. The van der Waals surface area contributed by atoms with Crippen LogP contribution in [-0.2, 0) is 16.4 Å². The number of ether oxygens (including phenoxy) is 1. The van der Waals surface area contributed by atoms with Gasteiger partial charge < -0.3 is 10.1 Å². The number of aromatic nitrogens is 2. The molecule has 0 fully saturated rings. The summed E-state index contributed by atoms with van der Waals surface area (Å²) in [5, 5.41) is 10.9. The highest BCUT2D eigenvalue weighted by molar-refractivity contribution is 7.90. The Kier molecular flexibility index (Phi) is 4.31. The van der Waals surface area contributed by atoms with Gasteiger partial charge in [0, 0.05) is 18.9 Å². The summed E-state index contributed by atoms with van der Waals surface area (Å²) in [6.45, 7) is 0.622. The van der Waals surface area contributed by atoms with Crippen LogP contribution < -0.4 is 10.1 Å². The quantitative estimate of drug-likeness (QED) is 0.897. The van der Waals surface area contributed by atoms with Gasteiger partial charge in [0.15, 0.2) is 9.84 Å². The highest BCUT2D eigenvalue weighted by Crippen LogP contribution is 2.22. The minimum atomic E-state index is -3.26. The van der Waals surface area contributed by atoms with Crippen molar-refractivity contribution in [2.24, 2.45) is 0 Å².